The van der Waals surface area contributed by atoms with Crippen molar-refractivity contribution >= 4 is 0 Å². The van der Waals surface area contributed by atoms with Crippen LogP contribution in [0.1, 0.15) is 27.2 Å². The molecule has 0 aliphatic heterocycles. The molecule has 55 valence electrons. The maximum atomic E-state index is 5.34. The van der Waals surface area contributed by atoms with Crippen LogP contribution in [0.25, 0.3) is 0 Å². The first-order chi connectivity index (χ1) is 4.58. The maximum Gasteiger partial charge on any atom is 0.0355 e. The fraction of sp³-hybridized carbons (Fsp3) is 0.500. The molecule has 0 amide bonds. The Morgan fingerprint density at radius 1 is 1.70 bits per heavy atom. The number of hydrogen-bond acceptors (Lipinski definition) is 0. The first kappa shape index (κ1) is 9.30. The zero-order chi connectivity index (χ0) is 8.20. The van der Waals surface area contributed by atoms with Crippen LogP contribution in [-0.2, 0) is 0 Å². The molecule has 1 radical (unpaired) electrons. The van der Waals surface area contributed by atoms with E-state index in [1.165, 1.54) is 5.92 Å². The van der Waals surface area contributed by atoms with Crippen molar-refractivity contribution in [2.24, 2.45) is 5.41 Å². The Labute approximate surface area is 64.3 Å². The first-order valence-electron chi connectivity index (χ1n) is 3.55. The molecule has 0 rings (SSSR count). The summed E-state index contributed by atoms with van der Waals surface area (Å²) < 4.78 is 0. The summed E-state index contributed by atoms with van der Waals surface area (Å²) in [5.74, 6) is 3.97. The third-order valence-corrected chi connectivity index (χ3v) is 1.79. The van der Waals surface area contributed by atoms with Crippen LogP contribution >= 0.6 is 0 Å². The molecule has 0 aliphatic carbocycles. The van der Waals surface area contributed by atoms with Gasteiger partial charge in [0, 0.05) is 11.3 Å². The van der Waals surface area contributed by atoms with Crippen molar-refractivity contribution in [2.75, 3.05) is 0 Å². The summed E-state index contributed by atoms with van der Waals surface area (Å²) in [5.41, 5.74) is -0.115. The van der Waals surface area contributed by atoms with Gasteiger partial charge in [-0.2, -0.15) is 0 Å². The van der Waals surface area contributed by atoms with E-state index in [1.54, 1.807) is 0 Å². The minimum absolute atomic E-state index is 0.115. The Hall–Kier alpha value is -0.700. The highest BCUT2D eigenvalue weighted by Gasteiger charge is 2.23. The van der Waals surface area contributed by atoms with E-state index >= 15 is 0 Å². The number of rotatable bonds is 3. The fourth-order valence-corrected chi connectivity index (χ4v) is 0.934. The molecule has 0 atom stereocenters. The van der Waals surface area contributed by atoms with Crippen LogP contribution in [0.4, 0.5) is 0 Å². The molecule has 0 unspecified atom stereocenters. The summed E-state index contributed by atoms with van der Waals surface area (Å²) in [6.07, 6.45) is 8.19. The van der Waals surface area contributed by atoms with Crippen LogP contribution in [0.5, 0.6) is 0 Å². The number of terminal acetylenes is 1. The van der Waals surface area contributed by atoms with E-state index in [9.17, 15) is 0 Å². The van der Waals surface area contributed by atoms with Crippen LogP contribution in [0.2, 0.25) is 0 Å². The largest absolute Gasteiger partial charge is 0.120 e. The highest BCUT2D eigenvalue weighted by molar-refractivity contribution is 5.24. The van der Waals surface area contributed by atoms with E-state index in [0.717, 1.165) is 6.42 Å². The smallest absolute Gasteiger partial charge is 0.0355 e. The van der Waals surface area contributed by atoms with Gasteiger partial charge in [-0.3, -0.25) is 0 Å². The minimum atomic E-state index is -0.115. The second-order valence-electron chi connectivity index (χ2n) is 2.85. The van der Waals surface area contributed by atoms with Gasteiger partial charge in [0.15, 0.2) is 0 Å². The molecule has 0 aromatic heterocycles. The molecular formula is C10H15. The van der Waals surface area contributed by atoms with Crippen molar-refractivity contribution in [2.45, 2.75) is 27.2 Å². The third-order valence-electron chi connectivity index (χ3n) is 1.79. The van der Waals surface area contributed by atoms with Gasteiger partial charge in [-0.25, -0.2) is 0 Å². The van der Waals surface area contributed by atoms with Crippen molar-refractivity contribution in [1.82, 2.24) is 0 Å². The van der Waals surface area contributed by atoms with Gasteiger partial charge in [-0.05, 0) is 20.3 Å². The molecule has 0 saturated heterocycles. The zero-order valence-electron chi connectivity index (χ0n) is 7.07. The quantitative estimate of drug-likeness (QED) is 0.522. The van der Waals surface area contributed by atoms with Crippen LogP contribution in [0.15, 0.2) is 12.7 Å². The van der Waals surface area contributed by atoms with Crippen LogP contribution < -0.4 is 0 Å². The van der Waals surface area contributed by atoms with Crippen LogP contribution in [-0.4, -0.2) is 0 Å². The molecule has 0 nitrogen and oxygen atoms in total. The summed E-state index contributed by atoms with van der Waals surface area (Å²) >= 11 is 0. The average Bonchev–Trinajstić information content (AvgIpc) is 1.90. The second-order valence-corrected chi connectivity index (χ2v) is 2.85. The lowest BCUT2D eigenvalue weighted by Gasteiger charge is -2.24. The summed E-state index contributed by atoms with van der Waals surface area (Å²) in [4.78, 5) is 0. The van der Waals surface area contributed by atoms with E-state index in [-0.39, 0.29) is 5.41 Å². The first-order valence-corrected chi connectivity index (χ1v) is 3.55. The lowest BCUT2D eigenvalue weighted by atomic mass is 9.78. The van der Waals surface area contributed by atoms with Gasteiger partial charge in [-0.15, -0.1) is 13.0 Å². The van der Waals surface area contributed by atoms with Gasteiger partial charge < -0.3 is 0 Å². The topological polar surface area (TPSA) is 0 Å². The van der Waals surface area contributed by atoms with Crippen molar-refractivity contribution in [3.8, 4) is 12.3 Å². The molecule has 10 heavy (non-hydrogen) atoms. The van der Waals surface area contributed by atoms with Gasteiger partial charge >= 0.3 is 0 Å². The SMILES string of the molecule is C#CC(C)(C)[C](C=C)CC. The molecule has 0 fully saturated rings. The molecule has 0 N–H and O–H groups in total. The van der Waals surface area contributed by atoms with Gasteiger partial charge in [0.05, 0.1) is 0 Å². The Balaban J connectivity index is 4.29. The Kier molecular flexibility index (Phi) is 3.22. The Morgan fingerprint density at radius 2 is 2.20 bits per heavy atom. The average molecular weight is 135 g/mol. The van der Waals surface area contributed by atoms with E-state index in [2.05, 4.69) is 19.4 Å². The van der Waals surface area contributed by atoms with Gasteiger partial charge in [0.1, 0.15) is 0 Å². The predicted molar refractivity (Wildman–Crippen MR) is 46.3 cm³/mol. The highest BCUT2D eigenvalue weighted by Crippen LogP contribution is 2.30. The molecule has 0 saturated carbocycles. The summed E-state index contributed by atoms with van der Waals surface area (Å²) in [7, 11) is 0. The molecule has 0 heterocycles. The maximum absolute atomic E-state index is 5.34. The van der Waals surface area contributed by atoms with Gasteiger partial charge in [-0.1, -0.05) is 18.9 Å². The lowest BCUT2D eigenvalue weighted by molar-refractivity contribution is 0.525. The summed E-state index contributed by atoms with van der Waals surface area (Å²) in [5, 5.41) is 0. The Morgan fingerprint density at radius 3 is 2.30 bits per heavy atom. The molecule has 0 heteroatoms. The summed E-state index contributed by atoms with van der Waals surface area (Å²) in [6.45, 7) is 9.88. The molecule has 0 spiro atoms. The molecule has 0 aromatic rings. The van der Waals surface area contributed by atoms with E-state index in [0.29, 0.717) is 0 Å². The van der Waals surface area contributed by atoms with E-state index in [1.807, 2.05) is 19.9 Å². The van der Waals surface area contributed by atoms with Crippen molar-refractivity contribution in [3.05, 3.63) is 18.6 Å². The van der Waals surface area contributed by atoms with Gasteiger partial charge in [0.25, 0.3) is 0 Å². The van der Waals surface area contributed by atoms with E-state index < -0.39 is 0 Å². The predicted octanol–water partition coefficient (Wildman–Crippen LogP) is 2.82. The monoisotopic (exact) mass is 135 g/mol. The zero-order valence-corrected chi connectivity index (χ0v) is 7.07. The number of allylic oxidation sites excluding steroid dienone is 1. The molecule has 0 bridgehead atoms. The molecular weight excluding hydrogens is 120 g/mol. The van der Waals surface area contributed by atoms with Crippen molar-refractivity contribution < 1.29 is 0 Å². The lowest BCUT2D eigenvalue weighted by Crippen LogP contribution is -2.17. The van der Waals surface area contributed by atoms with Crippen LogP contribution in [0.3, 0.4) is 0 Å². The fourth-order valence-electron chi connectivity index (χ4n) is 0.934. The van der Waals surface area contributed by atoms with Crippen molar-refractivity contribution in [1.29, 1.82) is 0 Å². The normalized spacial score (nSPS) is 11.1. The van der Waals surface area contributed by atoms with E-state index in [4.69, 9.17) is 6.42 Å². The number of hydrogen-bond donors (Lipinski definition) is 0. The van der Waals surface area contributed by atoms with Crippen molar-refractivity contribution in [3.63, 3.8) is 0 Å². The third kappa shape index (κ3) is 1.92. The minimum Gasteiger partial charge on any atom is -0.120 e. The summed E-state index contributed by atoms with van der Waals surface area (Å²) in [6, 6.07) is 0. The molecule has 0 aliphatic rings. The Bertz CT molecular complexity index is 146. The highest BCUT2D eigenvalue weighted by atomic mass is 14.2. The second kappa shape index (κ2) is 3.46. The standard InChI is InChI=1S/C10H15/c1-6-9(7-2)10(4,5)8-3/h3,6H,1,7H2,2,4-5H3. The van der Waals surface area contributed by atoms with Gasteiger partial charge in [0.2, 0.25) is 0 Å². The molecule has 0 aromatic carbocycles. The van der Waals surface area contributed by atoms with Crippen LogP contribution in [0, 0.1) is 23.7 Å².